The summed E-state index contributed by atoms with van der Waals surface area (Å²) < 4.78 is 38.6. The number of allylic oxidation sites excluding steroid dienone is 1. The lowest BCUT2D eigenvalue weighted by atomic mass is 10.1. The molecule has 0 bridgehead atoms. The maximum atomic E-state index is 13.0. The number of unbranched alkanes of at least 4 members (excludes halogenated alkanes) is 1. The second-order valence-electron chi connectivity index (χ2n) is 3.03. The van der Waals surface area contributed by atoms with E-state index in [0.717, 1.165) is 0 Å². The number of rotatable bonds is 4. The molecule has 14 heavy (non-hydrogen) atoms. The molecule has 0 aliphatic rings. The minimum atomic E-state index is -0.882. The van der Waals surface area contributed by atoms with Crippen molar-refractivity contribution in [1.82, 2.24) is 0 Å². The van der Waals surface area contributed by atoms with Crippen LogP contribution in [0.15, 0.2) is 24.8 Å². The lowest BCUT2D eigenvalue weighted by molar-refractivity contribution is 0.520. The van der Waals surface area contributed by atoms with Crippen LogP contribution >= 0.6 is 0 Å². The van der Waals surface area contributed by atoms with Crippen LogP contribution in [0.3, 0.4) is 0 Å². The highest BCUT2D eigenvalue weighted by molar-refractivity contribution is 5.20. The molecule has 1 aromatic rings. The summed E-state index contributed by atoms with van der Waals surface area (Å²) in [4.78, 5) is 0. The molecule has 0 saturated carbocycles. The zero-order valence-electron chi connectivity index (χ0n) is 7.69. The van der Waals surface area contributed by atoms with Crippen LogP contribution in [0, 0.1) is 17.5 Å². The van der Waals surface area contributed by atoms with E-state index in [1.54, 1.807) is 6.08 Å². The van der Waals surface area contributed by atoms with Crippen molar-refractivity contribution in [3.63, 3.8) is 0 Å². The first-order valence-electron chi connectivity index (χ1n) is 4.39. The molecule has 0 aromatic heterocycles. The Hall–Kier alpha value is -1.25. The molecule has 1 aromatic carbocycles. The molecule has 0 fully saturated rings. The van der Waals surface area contributed by atoms with E-state index in [2.05, 4.69) is 6.58 Å². The average Bonchev–Trinajstić information content (AvgIpc) is 2.09. The number of hydrogen-bond donors (Lipinski definition) is 0. The zero-order chi connectivity index (χ0) is 10.6. The van der Waals surface area contributed by atoms with E-state index >= 15 is 0 Å². The van der Waals surface area contributed by atoms with Crippen LogP contribution in [0.5, 0.6) is 0 Å². The minimum Gasteiger partial charge on any atom is -0.207 e. The summed E-state index contributed by atoms with van der Waals surface area (Å²) in [6.07, 6.45) is 3.25. The Morgan fingerprint density at radius 2 is 1.71 bits per heavy atom. The molecule has 0 radical (unpaired) electrons. The van der Waals surface area contributed by atoms with Gasteiger partial charge in [0.25, 0.3) is 0 Å². The summed E-state index contributed by atoms with van der Waals surface area (Å²) in [5.74, 6) is -2.51. The summed E-state index contributed by atoms with van der Waals surface area (Å²) in [7, 11) is 0. The molecule has 0 spiro atoms. The van der Waals surface area contributed by atoms with Crippen LogP contribution in [0.4, 0.5) is 13.2 Å². The second kappa shape index (κ2) is 4.84. The topological polar surface area (TPSA) is 0 Å². The number of hydrogen-bond acceptors (Lipinski definition) is 0. The van der Waals surface area contributed by atoms with Gasteiger partial charge in [0.1, 0.15) is 17.5 Å². The molecular weight excluding hydrogens is 189 g/mol. The van der Waals surface area contributed by atoms with Crippen molar-refractivity contribution in [3.05, 3.63) is 47.8 Å². The molecule has 76 valence electrons. The highest BCUT2D eigenvalue weighted by Gasteiger charge is 2.10. The van der Waals surface area contributed by atoms with Crippen molar-refractivity contribution in [2.24, 2.45) is 0 Å². The fourth-order valence-corrected chi connectivity index (χ4v) is 1.23. The predicted octanol–water partition coefficient (Wildman–Crippen LogP) is 3.61. The van der Waals surface area contributed by atoms with Gasteiger partial charge in [-0.1, -0.05) is 6.08 Å². The van der Waals surface area contributed by atoms with Crippen LogP contribution in [0.25, 0.3) is 0 Å². The molecular formula is C11H11F3. The van der Waals surface area contributed by atoms with Crippen LogP contribution < -0.4 is 0 Å². The van der Waals surface area contributed by atoms with E-state index in [0.29, 0.717) is 25.0 Å². The van der Waals surface area contributed by atoms with Crippen LogP contribution in [0.2, 0.25) is 0 Å². The maximum Gasteiger partial charge on any atom is 0.132 e. The first-order valence-corrected chi connectivity index (χ1v) is 4.39. The molecule has 0 heterocycles. The minimum absolute atomic E-state index is 0.0479. The van der Waals surface area contributed by atoms with Gasteiger partial charge in [-0.25, -0.2) is 13.2 Å². The summed E-state index contributed by atoms with van der Waals surface area (Å²) >= 11 is 0. The molecule has 0 N–H and O–H groups in total. The molecule has 0 saturated heterocycles. The first kappa shape index (κ1) is 10.8. The summed E-state index contributed by atoms with van der Waals surface area (Å²) in [6.45, 7) is 3.50. The maximum absolute atomic E-state index is 13.0. The van der Waals surface area contributed by atoms with Gasteiger partial charge in [0, 0.05) is 17.7 Å². The Kier molecular flexibility index (Phi) is 3.74. The predicted molar refractivity (Wildman–Crippen MR) is 49.5 cm³/mol. The third-order valence-electron chi connectivity index (χ3n) is 1.94. The van der Waals surface area contributed by atoms with Crippen molar-refractivity contribution in [2.45, 2.75) is 19.3 Å². The van der Waals surface area contributed by atoms with E-state index in [1.807, 2.05) is 0 Å². The number of benzene rings is 1. The second-order valence-corrected chi connectivity index (χ2v) is 3.03. The lowest BCUT2D eigenvalue weighted by Gasteiger charge is -2.03. The van der Waals surface area contributed by atoms with Crippen LogP contribution in [0.1, 0.15) is 18.4 Å². The molecule has 0 aliphatic carbocycles. The van der Waals surface area contributed by atoms with Crippen molar-refractivity contribution >= 4 is 0 Å². The smallest absolute Gasteiger partial charge is 0.132 e. The SMILES string of the molecule is C=CCCCc1c(F)cc(F)cc1F. The van der Waals surface area contributed by atoms with Gasteiger partial charge in [-0.05, 0) is 19.3 Å². The third kappa shape index (κ3) is 2.62. The Balaban J connectivity index is 2.80. The first-order chi connectivity index (χ1) is 6.65. The van der Waals surface area contributed by atoms with Crippen molar-refractivity contribution in [2.75, 3.05) is 0 Å². The summed E-state index contributed by atoms with van der Waals surface area (Å²) in [6, 6.07) is 1.40. The van der Waals surface area contributed by atoms with Gasteiger partial charge in [-0.2, -0.15) is 0 Å². The van der Waals surface area contributed by atoms with Gasteiger partial charge < -0.3 is 0 Å². The Morgan fingerprint density at radius 1 is 1.14 bits per heavy atom. The van der Waals surface area contributed by atoms with E-state index < -0.39 is 17.5 Å². The van der Waals surface area contributed by atoms with E-state index in [1.165, 1.54) is 0 Å². The molecule has 0 atom stereocenters. The van der Waals surface area contributed by atoms with Gasteiger partial charge >= 0.3 is 0 Å². The third-order valence-corrected chi connectivity index (χ3v) is 1.94. The Morgan fingerprint density at radius 3 is 2.21 bits per heavy atom. The van der Waals surface area contributed by atoms with Gasteiger partial charge in [0.2, 0.25) is 0 Å². The molecule has 0 aliphatic heterocycles. The molecule has 0 unspecified atom stereocenters. The van der Waals surface area contributed by atoms with Crippen molar-refractivity contribution in [1.29, 1.82) is 0 Å². The standard InChI is InChI=1S/C11H11F3/c1-2-3-4-5-9-10(13)6-8(12)7-11(9)14/h2,6-7H,1,3-5H2. The fourth-order valence-electron chi connectivity index (χ4n) is 1.23. The Labute approximate surface area is 81.1 Å². The zero-order valence-corrected chi connectivity index (χ0v) is 7.69. The number of halogens is 3. The average molecular weight is 200 g/mol. The van der Waals surface area contributed by atoms with E-state index in [9.17, 15) is 13.2 Å². The molecule has 0 amide bonds. The van der Waals surface area contributed by atoms with Gasteiger partial charge in [-0.15, -0.1) is 6.58 Å². The highest BCUT2D eigenvalue weighted by Crippen LogP contribution is 2.16. The summed E-state index contributed by atoms with van der Waals surface area (Å²) in [5.41, 5.74) is -0.0479. The Bertz CT molecular complexity index is 308. The monoisotopic (exact) mass is 200 g/mol. The fraction of sp³-hybridized carbons (Fsp3) is 0.273. The van der Waals surface area contributed by atoms with Gasteiger partial charge in [0.05, 0.1) is 0 Å². The largest absolute Gasteiger partial charge is 0.207 e. The quantitative estimate of drug-likeness (QED) is 0.514. The summed E-state index contributed by atoms with van der Waals surface area (Å²) in [5, 5.41) is 0. The lowest BCUT2D eigenvalue weighted by Crippen LogP contribution is -1.97. The van der Waals surface area contributed by atoms with E-state index in [4.69, 9.17) is 0 Å². The van der Waals surface area contributed by atoms with Crippen LogP contribution in [-0.2, 0) is 6.42 Å². The normalized spacial score (nSPS) is 10.2. The van der Waals surface area contributed by atoms with Crippen LogP contribution in [-0.4, -0.2) is 0 Å². The van der Waals surface area contributed by atoms with Crippen molar-refractivity contribution < 1.29 is 13.2 Å². The molecule has 3 heteroatoms. The molecule has 0 nitrogen and oxygen atoms in total. The van der Waals surface area contributed by atoms with Crippen molar-refractivity contribution in [3.8, 4) is 0 Å². The molecule has 1 rings (SSSR count). The van der Waals surface area contributed by atoms with Gasteiger partial charge in [0.15, 0.2) is 0 Å². The van der Waals surface area contributed by atoms with Gasteiger partial charge in [-0.3, -0.25) is 0 Å². The highest BCUT2D eigenvalue weighted by atomic mass is 19.1. The van der Waals surface area contributed by atoms with E-state index in [-0.39, 0.29) is 12.0 Å².